The van der Waals surface area contributed by atoms with Crippen molar-refractivity contribution >= 4 is 45.4 Å². The highest BCUT2D eigenvalue weighted by Crippen LogP contribution is 2.40. The molecule has 0 unspecified atom stereocenters. The molecule has 0 radical (unpaired) electrons. The van der Waals surface area contributed by atoms with Gasteiger partial charge in [0, 0.05) is 10.3 Å². The minimum Gasteiger partial charge on any atom is -0.463 e. The van der Waals surface area contributed by atoms with Crippen molar-refractivity contribution in [2.45, 2.75) is 31.2 Å². The number of carbonyl (C=O) groups excluding carboxylic acids is 1. The maximum Gasteiger partial charge on any atom is 0.250 e. The molecule has 3 aromatic rings. The molecule has 0 aliphatic heterocycles. The zero-order chi connectivity index (χ0) is 17.9. The SMILES string of the molecule is C[C@@H]1CCc2c(sc3ncnc(SCC(=O)N/N=C\c4ccco4)c23)C1. The van der Waals surface area contributed by atoms with E-state index < -0.39 is 0 Å². The molecule has 8 heteroatoms. The second-order valence-corrected chi connectivity index (χ2v) is 8.36. The van der Waals surface area contributed by atoms with Crippen molar-refractivity contribution in [3.63, 3.8) is 0 Å². The fourth-order valence-electron chi connectivity index (χ4n) is 3.05. The van der Waals surface area contributed by atoms with E-state index in [-0.39, 0.29) is 11.7 Å². The maximum atomic E-state index is 12.0. The number of fused-ring (bicyclic) bond motifs is 3. The van der Waals surface area contributed by atoms with Gasteiger partial charge in [0.2, 0.25) is 5.91 Å². The van der Waals surface area contributed by atoms with Gasteiger partial charge in [-0.2, -0.15) is 5.10 Å². The molecule has 1 atom stereocenters. The molecule has 1 aliphatic carbocycles. The van der Waals surface area contributed by atoms with E-state index >= 15 is 0 Å². The summed E-state index contributed by atoms with van der Waals surface area (Å²) < 4.78 is 5.12. The van der Waals surface area contributed by atoms with Crippen LogP contribution >= 0.6 is 23.1 Å². The first kappa shape index (κ1) is 17.2. The summed E-state index contributed by atoms with van der Waals surface area (Å²) in [6.45, 7) is 2.29. The van der Waals surface area contributed by atoms with Gasteiger partial charge in [0.15, 0.2) is 0 Å². The molecule has 0 spiro atoms. The van der Waals surface area contributed by atoms with Crippen LogP contribution in [0.25, 0.3) is 10.2 Å². The topological polar surface area (TPSA) is 80.4 Å². The van der Waals surface area contributed by atoms with Crippen LogP contribution in [0.2, 0.25) is 0 Å². The Bertz CT molecular complexity index is 950. The number of hydrogen-bond donors (Lipinski definition) is 1. The van der Waals surface area contributed by atoms with E-state index in [9.17, 15) is 4.79 Å². The molecule has 1 amide bonds. The van der Waals surface area contributed by atoms with Crippen molar-refractivity contribution in [3.8, 4) is 0 Å². The number of furan rings is 1. The zero-order valence-corrected chi connectivity index (χ0v) is 15.9. The third-order valence-electron chi connectivity index (χ3n) is 4.32. The van der Waals surface area contributed by atoms with Crippen LogP contribution in [0.3, 0.4) is 0 Å². The zero-order valence-electron chi connectivity index (χ0n) is 14.3. The largest absolute Gasteiger partial charge is 0.463 e. The van der Waals surface area contributed by atoms with Gasteiger partial charge in [-0.3, -0.25) is 4.79 Å². The summed E-state index contributed by atoms with van der Waals surface area (Å²) in [6, 6.07) is 3.53. The fourth-order valence-corrected chi connectivity index (χ4v) is 5.29. The van der Waals surface area contributed by atoms with Gasteiger partial charge in [-0.1, -0.05) is 18.7 Å². The van der Waals surface area contributed by atoms with Crippen LogP contribution in [-0.2, 0) is 17.6 Å². The third kappa shape index (κ3) is 3.66. The molecule has 0 fully saturated rings. The van der Waals surface area contributed by atoms with Gasteiger partial charge in [-0.25, -0.2) is 15.4 Å². The third-order valence-corrected chi connectivity index (χ3v) is 6.47. The Kier molecular flexibility index (Phi) is 5.03. The van der Waals surface area contributed by atoms with Crippen molar-refractivity contribution in [2.75, 3.05) is 5.75 Å². The lowest BCUT2D eigenvalue weighted by Crippen LogP contribution is -2.19. The van der Waals surface area contributed by atoms with Gasteiger partial charge in [-0.05, 0) is 42.9 Å². The van der Waals surface area contributed by atoms with Crippen LogP contribution < -0.4 is 5.43 Å². The van der Waals surface area contributed by atoms with Gasteiger partial charge < -0.3 is 4.42 Å². The average Bonchev–Trinajstić information content (AvgIpc) is 3.26. The molecule has 1 aliphatic rings. The van der Waals surface area contributed by atoms with Crippen LogP contribution in [-0.4, -0.2) is 27.8 Å². The number of aryl methyl sites for hydroxylation is 1. The quantitative estimate of drug-likeness (QED) is 0.313. The predicted octanol–water partition coefficient (Wildman–Crippen LogP) is 3.65. The summed E-state index contributed by atoms with van der Waals surface area (Å²) in [4.78, 5) is 23.3. The monoisotopic (exact) mass is 386 g/mol. The Hall–Kier alpha value is -2.19. The van der Waals surface area contributed by atoms with Crippen molar-refractivity contribution in [1.82, 2.24) is 15.4 Å². The van der Waals surface area contributed by atoms with Crippen molar-refractivity contribution in [1.29, 1.82) is 0 Å². The number of aromatic nitrogens is 2. The van der Waals surface area contributed by atoms with E-state index in [1.807, 2.05) is 0 Å². The van der Waals surface area contributed by atoms with Crippen LogP contribution in [0.1, 0.15) is 29.5 Å². The van der Waals surface area contributed by atoms with E-state index in [4.69, 9.17) is 4.42 Å². The first-order valence-corrected chi connectivity index (χ1v) is 10.2. The second kappa shape index (κ2) is 7.59. The predicted molar refractivity (Wildman–Crippen MR) is 104 cm³/mol. The van der Waals surface area contributed by atoms with Crippen LogP contribution in [0.4, 0.5) is 0 Å². The van der Waals surface area contributed by atoms with Crippen LogP contribution in [0, 0.1) is 5.92 Å². The molecule has 26 heavy (non-hydrogen) atoms. The number of carbonyl (C=O) groups is 1. The molecule has 0 aromatic carbocycles. The van der Waals surface area contributed by atoms with Crippen molar-refractivity contribution < 1.29 is 9.21 Å². The van der Waals surface area contributed by atoms with Crippen molar-refractivity contribution in [3.05, 3.63) is 40.9 Å². The maximum absolute atomic E-state index is 12.0. The van der Waals surface area contributed by atoms with E-state index in [1.165, 1.54) is 34.8 Å². The number of nitrogens with one attached hydrogen (secondary N) is 1. The highest BCUT2D eigenvalue weighted by Gasteiger charge is 2.23. The molecular formula is C18H18N4O2S2. The Balaban J connectivity index is 1.45. The molecule has 3 heterocycles. The van der Waals surface area contributed by atoms with Gasteiger partial charge in [-0.15, -0.1) is 11.3 Å². The van der Waals surface area contributed by atoms with Gasteiger partial charge in [0.1, 0.15) is 21.9 Å². The van der Waals surface area contributed by atoms with E-state index in [2.05, 4.69) is 27.4 Å². The second-order valence-electron chi connectivity index (χ2n) is 6.31. The molecular weight excluding hydrogens is 368 g/mol. The summed E-state index contributed by atoms with van der Waals surface area (Å²) >= 11 is 3.20. The number of thioether (sulfide) groups is 1. The van der Waals surface area contributed by atoms with Crippen LogP contribution in [0.15, 0.2) is 39.3 Å². The summed E-state index contributed by atoms with van der Waals surface area (Å²) in [5, 5.41) is 5.91. The Morgan fingerprint density at radius 1 is 1.54 bits per heavy atom. The molecule has 6 nitrogen and oxygen atoms in total. The summed E-state index contributed by atoms with van der Waals surface area (Å²) in [6.07, 6.45) is 7.99. The Morgan fingerprint density at radius 2 is 2.46 bits per heavy atom. The van der Waals surface area contributed by atoms with Gasteiger partial charge >= 0.3 is 0 Å². The van der Waals surface area contributed by atoms with E-state index in [0.29, 0.717) is 5.76 Å². The minimum atomic E-state index is -0.178. The average molecular weight is 387 g/mol. The molecule has 3 aromatic heterocycles. The smallest absolute Gasteiger partial charge is 0.250 e. The number of hydrogen-bond acceptors (Lipinski definition) is 7. The molecule has 0 saturated heterocycles. The first-order valence-electron chi connectivity index (χ1n) is 8.44. The number of nitrogens with zero attached hydrogens (tertiary/aromatic N) is 3. The molecule has 0 saturated carbocycles. The standard InChI is InChI=1S/C18H18N4O2S2/c1-11-4-5-13-14(7-11)26-18-16(13)17(19-10-20-18)25-9-15(23)22-21-8-12-3-2-6-24-12/h2-3,6,8,10-11H,4-5,7,9H2,1H3,(H,22,23)/b21-8-/t11-/m1/s1. The van der Waals surface area contributed by atoms with E-state index in [0.717, 1.165) is 34.0 Å². The molecule has 134 valence electrons. The lowest BCUT2D eigenvalue weighted by Gasteiger charge is -2.18. The number of hydrazone groups is 1. The normalized spacial score (nSPS) is 16.9. The van der Waals surface area contributed by atoms with E-state index in [1.54, 1.807) is 36.1 Å². The fraction of sp³-hybridized carbons (Fsp3) is 0.333. The number of amides is 1. The van der Waals surface area contributed by atoms with Crippen molar-refractivity contribution in [2.24, 2.45) is 11.0 Å². The lowest BCUT2D eigenvalue weighted by molar-refractivity contribution is -0.118. The Labute approximate surface area is 159 Å². The summed E-state index contributed by atoms with van der Waals surface area (Å²) in [5.74, 6) is 1.39. The Morgan fingerprint density at radius 3 is 3.31 bits per heavy atom. The van der Waals surface area contributed by atoms with Gasteiger partial charge in [0.05, 0.1) is 18.2 Å². The highest BCUT2D eigenvalue weighted by molar-refractivity contribution is 8.00. The molecule has 1 N–H and O–H groups in total. The minimum absolute atomic E-state index is 0.178. The number of rotatable bonds is 5. The molecule has 0 bridgehead atoms. The molecule has 4 rings (SSSR count). The number of thiophene rings is 1. The van der Waals surface area contributed by atoms with Gasteiger partial charge in [0.25, 0.3) is 0 Å². The first-order chi connectivity index (χ1) is 12.7. The lowest BCUT2D eigenvalue weighted by atomic mass is 9.89. The van der Waals surface area contributed by atoms with Crippen LogP contribution in [0.5, 0.6) is 0 Å². The summed E-state index contributed by atoms with van der Waals surface area (Å²) in [7, 11) is 0. The summed E-state index contributed by atoms with van der Waals surface area (Å²) in [5.41, 5.74) is 3.89. The highest BCUT2D eigenvalue weighted by atomic mass is 32.2.